The lowest BCUT2D eigenvalue weighted by Crippen LogP contribution is -2.42. The lowest BCUT2D eigenvalue weighted by molar-refractivity contribution is -0.679. The maximum Gasteiger partial charge on any atom is 0.417 e. The van der Waals surface area contributed by atoms with Crippen molar-refractivity contribution in [3.8, 4) is 0 Å². The van der Waals surface area contributed by atoms with Crippen molar-refractivity contribution >= 4 is 12.0 Å². The van der Waals surface area contributed by atoms with Crippen LogP contribution in [-0.2, 0) is 37.3 Å². The molecule has 0 saturated carbocycles. The van der Waals surface area contributed by atoms with Crippen LogP contribution in [0.3, 0.4) is 0 Å². The Balaban J connectivity index is 1.44. The van der Waals surface area contributed by atoms with Gasteiger partial charge in [-0.25, -0.2) is 14.3 Å². The van der Waals surface area contributed by atoms with Crippen LogP contribution in [-0.4, -0.2) is 55.7 Å². The number of ether oxygens (including phenoxy) is 4. The normalized spacial score (nSPS) is 16.9. The van der Waals surface area contributed by atoms with E-state index >= 15 is 0 Å². The fourth-order valence-electron chi connectivity index (χ4n) is 4.70. The molecule has 1 saturated heterocycles. The Bertz CT molecular complexity index is 805. The first-order chi connectivity index (χ1) is 19.0. The molecule has 0 aliphatic carbocycles. The van der Waals surface area contributed by atoms with Gasteiger partial charge in [-0.15, -0.1) is 0 Å². The van der Waals surface area contributed by atoms with Crippen molar-refractivity contribution in [1.82, 2.24) is 4.90 Å². The number of imide groups is 1. The molecule has 1 aromatic heterocycles. The van der Waals surface area contributed by atoms with Crippen LogP contribution in [0.5, 0.6) is 0 Å². The second kappa shape index (κ2) is 20.8. The van der Waals surface area contributed by atoms with Crippen molar-refractivity contribution in [2.45, 2.75) is 123 Å². The fourth-order valence-corrected chi connectivity index (χ4v) is 4.70. The standard InChI is InChI=1S/C31H53N2O6/c1-4-5-6-7-8-9-10-11-12-13-14-15-16-19-22-36-24-29-25-37-30(39-29)26-38-31(35)33(27(2)34)23-28-20-17-18-21-32(28)3/h17-18,20-21,29-30H,4-16,19,22-26H2,1-3H3/q+1. The van der Waals surface area contributed by atoms with Gasteiger partial charge in [-0.1, -0.05) is 96.5 Å². The first-order valence-corrected chi connectivity index (χ1v) is 15.2. The second-order valence-corrected chi connectivity index (χ2v) is 10.7. The summed E-state index contributed by atoms with van der Waals surface area (Å²) in [5, 5.41) is 0. The van der Waals surface area contributed by atoms with Crippen molar-refractivity contribution in [3.05, 3.63) is 30.1 Å². The number of nitrogens with zero attached hydrogens (tertiary/aromatic N) is 2. The molecular weight excluding hydrogens is 496 g/mol. The Morgan fingerprint density at radius 3 is 2.13 bits per heavy atom. The number of hydrogen-bond acceptors (Lipinski definition) is 6. The van der Waals surface area contributed by atoms with Gasteiger partial charge in [-0.3, -0.25) is 4.79 Å². The van der Waals surface area contributed by atoms with Crippen molar-refractivity contribution in [1.29, 1.82) is 0 Å². The fraction of sp³-hybridized carbons (Fsp3) is 0.774. The number of aryl methyl sites for hydroxylation is 1. The molecule has 0 bridgehead atoms. The second-order valence-electron chi connectivity index (χ2n) is 10.7. The first-order valence-electron chi connectivity index (χ1n) is 15.2. The van der Waals surface area contributed by atoms with Gasteiger partial charge < -0.3 is 18.9 Å². The zero-order chi connectivity index (χ0) is 28.1. The third kappa shape index (κ3) is 14.8. The Kier molecular flexibility index (Phi) is 17.7. The molecule has 2 rings (SSSR count). The number of unbranched alkanes of at least 4 members (excludes halogenated alkanes) is 13. The van der Waals surface area contributed by atoms with E-state index in [9.17, 15) is 9.59 Å². The van der Waals surface area contributed by atoms with Crippen LogP contribution >= 0.6 is 0 Å². The van der Waals surface area contributed by atoms with E-state index < -0.39 is 12.4 Å². The molecule has 2 heterocycles. The van der Waals surface area contributed by atoms with E-state index in [-0.39, 0.29) is 25.2 Å². The van der Waals surface area contributed by atoms with Crippen LogP contribution in [0.15, 0.2) is 24.4 Å². The van der Waals surface area contributed by atoms with E-state index in [0.717, 1.165) is 23.6 Å². The van der Waals surface area contributed by atoms with Crippen LogP contribution in [0.2, 0.25) is 0 Å². The summed E-state index contributed by atoms with van der Waals surface area (Å²) in [7, 11) is 1.86. The summed E-state index contributed by atoms with van der Waals surface area (Å²) in [5.74, 6) is -0.383. The highest BCUT2D eigenvalue weighted by molar-refractivity contribution is 5.90. The topological polar surface area (TPSA) is 78.2 Å². The lowest BCUT2D eigenvalue weighted by Gasteiger charge is -2.19. The van der Waals surface area contributed by atoms with Crippen molar-refractivity contribution in [3.63, 3.8) is 0 Å². The van der Waals surface area contributed by atoms with Gasteiger partial charge in [-0.2, -0.15) is 0 Å². The molecule has 0 aromatic carbocycles. The molecule has 2 unspecified atom stereocenters. The van der Waals surface area contributed by atoms with E-state index in [4.69, 9.17) is 18.9 Å². The molecule has 0 spiro atoms. The molecule has 0 radical (unpaired) electrons. The average Bonchev–Trinajstić information content (AvgIpc) is 3.38. The molecule has 2 atom stereocenters. The van der Waals surface area contributed by atoms with E-state index in [1.54, 1.807) is 0 Å². The van der Waals surface area contributed by atoms with E-state index in [2.05, 4.69) is 6.92 Å². The number of carbonyl (C=O) groups is 2. The quantitative estimate of drug-likeness (QED) is 0.134. The van der Waals surface area contributed by atoms with E-state index in [0.29, 0.717) is 13.2 Å². The van der Waals surface area contributed by atoms with Gasteiger partial charge in [0.25, 0.3) is 0 Å². The summed E-state index contributed by atoms with van der Waals surface area (Å²) in [6.45, 7) is 5.27. The Hall–Kier alpha value is -2.03. The minimum absolute atomic E-state index is 0.0704. The highest BCUT2D eigenvalue weighted by Gasteiger charge is 2.29. The summed E-state index contributed by atoms with van der Waals surface area (Å²) in [6.07, 6.45) is 19.1. The molecule has 1 fully saturated rings. The van der Waals surface area contributed by atoms with Crippen LogP contribution < -0.4 is 4.57 Å². The molecule has 1 aromatic rings. The van der Waals surface area contributed by atoms with Crippen LogP contribution in [0.4, 0.5) is 4.79 Å². The molecule has 39 heavy (non-hydrogen) atoms. The van der Waals surface area contributed by atoms with Crippen molar-refractivity contribution in [2.24, 2.45) is 7.05 Å². The molecular formula is C31H53N2O6+. The number of carbonyl (C=O) groups excluding carboxylic acids is 2. The summed E-state index contributed by atoms with van der Waals surface area (Å²) < 4.78 is 24.3. The highest BCUT2D eigenvalue weighted by Crippen LogP contribution is 2.15. The smallest absolute Gasteiger partial charge is 0.417 e. The minimum Gasteiger partial charge on any atom is -0.444 e. The maximum atomic E-state index is 12.5. The Labute approximate surface area is 236 Å². The van der Waals surface area contributed by atoms with Gasteiger partial charge in [0.05, 0.1) is 13.2 Å². The van der Waals surface area contributed by atoms with Crippen LogP contribution in [0.1, 0.15) is 109 Å². The van der Waals surface area contributed by atoms with Crippen molar-refractivity contribution in [2.75, 3.05) is 26.4 Å². The van der Waals surface area contributed by atoms with Gasteiger partial charge in [0, 0.05) is 25.7 Å². The number of aromatic nitrogens is 1. The maximum absolute atomic E-state index is 12.5. The van der Waals surface area contributed by atoms with Gasteiger partial charge >= 0.3 is 6.09 Å². The van der Waals surface area contributed by atoms with Crippen LogP contribution in [0, 0.1) is 0 Å². The Morgan fingerprint density at radius 2 is 1.54 bits per heavy atom. The summed E-state index contributed by atoms with van der Waals surface area (Å²) in [6, 6.07) is 5.60. The SMILES string of the molecule is CCCCCCCCCCCCCCCCOCC1COC(COC(=O)N(Cc2cccc[n+]2C)C(C)=O)O1. The van der Waals surface area contributed by atoms with Gasteiger partial charge in [0.15, 0.2) is 12.5 Å². The Morgan fingerprint density at radius 1 is 0.923 bits per heavy atom. The van der Waals surface area contributed by atoms with E-state index in [1.165, 1.54) is 90.4 Å². The molecule has 1 aliphatic rings. The lowest BCUT2D eigenvalue weighted by atomic mass is 10.0. The molecule has 8 nitrogen and oxygen atoms in total. The average molecular weight is 550 g/mol. The molecule has 8 heteroatoms. The van der Waals surface area contributed by atoms with E-state index in [1.807, 2.05) is 36.0 Å². The van der Waals surface area contributed by atoms with Gasteiger partial charge in [0.1, 0.15) is 26.3 Å². The number of hydrogen-bond donors (Lipinski definition) is 0. The first kappa shape index (κ1) is 33.2. The molecule has 222 valence electrons. The predicted octanol–water partition coefficient (Wildman–Crippen LogP) is 6.24. The third-order valence-corrected chi connectivity index (χ3v) is 7.18. The number of rotatable bonds is 21. The van der Waals surface area contributed by atoms with Crippen LogP contribution in [0.25, 0.3) is 0 Å². The zero-order valence-corrected chi connectivity index (χ0v) is 24.7. The number of amides is 2. The summed E-state index contributed by atoms with van der Waals surface area (Å²) in [5.41, 5.74) is 0.814. The zero-order valence-electron chi connectivity index (χ0n) is 24.7. The molecule has 0 N–H and O–H groups in total. The van der Waals surface area contributed by atoms with Gasteiger partial charge in [0.2, 0.25) is 11.6 Å². The highest BCUT2D eigenvalue weighted by atomic mass is 16.7. The van der Waals surface area contributed by atoms with Gasteiger partial charge in [-0.05, 0) is 6.42 Å². The summed E-state index contributed by atoms with van der Waals surface area (Å²) in [4.78, 5) is 25.6. The minimum atomic E-state index is -0.712. The summed E-state index contributed by atoms with van der Waals surface area (Å²) >= 11 is 0. The van der Waals surface area contributed by atoms with Crippen molar-refractivity contribution < 1.29 is 33.1 Å². The predicted molar refractivity (Wildman–Crippen MR) is 151 cm³/mol. The largest absolute Gasteiger partial charge is 0.444 e. The number of pyridine rings is 1. The monoisotopic (exact) mass is 549 g/mol. The third-order valence-electron chi connectivity index (χ3n) is 7.18. The molecule has 2 amide bonds. The molecule has 1 aliphatic heterocycles.